The standard InChI is InChI=1S/C12H14BrNO2/c1-3-10(12(15)16-4-2)14-11-8-6-5-7-9(11)13/h5-8H,3-4H2,1-2H3/b14-10-. The second kappa shape index (κ2) is 6.43. The van der Waals surface area contributed by atoms with Crippen LogP contribution in [0.25, 0.3) is 0 Å². The Kier molecular flexibility index (Phi) is 5.19. The number of para-hydroxylation sites is 1. The van der Waals surface area contributed by atoms with Crippen molar-refractivity contribution in [2.75, 3.05) is 6.61 Å². The normalized spacial score (nSPS) is 11.3. The fraction of sp³-hybridized carbons (Fsp3) is 0.333. The van der Waals surface area contributed by atoms with E-state index in [4.69, 9.17) is 4.74 Å². The molecule has 0 aliphatic carbocycles. The van der Waals surface area contributed by atoms with Gasteiger partial charge >= 0.3 is 5.97 Å². The molecule has 1 rings (SSSR count). The topological polar surface area (TPSA) is 38.7 Å². The number of aliphatic imine (C=N–C) groups is 1. The van der Waals surface area contributed by atoms with Crippen molar-refractivity contribution in [3.8, 4) is 0 Å². The molecule has 0 unspecified atom stereocenters. The molecule has 0 radical (unpaired) electrons. The van der Waals surface area contributed by atoms with Crippen LogP contribution in [0.3, 0.4) is 0 Å². The SMILES string of the molecule is CCOC(=O)/C(CC)=N\c1ccccc1Br. The average molecular weight is 284 g/mol. The molecule has 0 heterocycles. The molecule has 1 aromatic carbocycles. The van der Waals surface area contributed by atoms with E-state index in [0.717, 1.165) is 10.2 Å². The Morgan fingerprint density at radius 2 is 2.06 bits per heavy atom. The molecule has 86 valence electrons. The van der Waals surface area contributed by atoms with Crippen LogP contribution in [0.2, 0.25) is 0 Å². The van der Waals surface area contributed by atoms with Crippen LogP contribution in [-0.4, -0.2) is 18.3 Å². The summed E-state index contributed by atoms with van der Waals surface area (Å²) in [6, 6.07) is 7.51. The smallest absolute Gasteiger partial charge is 0.352 e. The Morgan fingerprint density at radius 3 is 2.62 bits per heavy atom. The van der Waals surface area contributed by atoms with Crippen molar-refractivity contribution < 1.29 is 9.53 Å². The van der Waals surface area contributed by atoms with Crippen molar-refractivity contribution in [3.05, 3.63) is 28.7 Å². The second-order valence-electron chi connectivity index (χ2n) is 3.08. The predicted molar refractivity (Wildman–Crippen MR) is 68.2 cm³/mol. The third-order valence-corrected chi connectivity index (χ3v) is 2.62. The Hall–Kier alpha value is -1.16. The lowest BCUT2D eigenvalue weighted by atomic mass is 10.2. The fourth-order valence-electron chi connectivity index (χ4n) is 1.17. The Morgan fingerprint density at radius 1 is 1.38 bits per heavy atom. The first-order valence-corrected chi connectivity index (χ1v) is 5.97. The van der Waals surface area contributed by atoms with Crippen LogP contribution in [0.1, 0.15) is 20.3 Å². The number of esters is 1. The molecule has 0 saturated carbocycles. The molecular weight excluding hydrogens is 270 g/mol. The Balaban J connectivity index is 2.96. The van der Waals surface area contributed by atoms with E-state index in [1.54, 1.807) is 6.92 Å². The maximum Gasteiger partial charge on any atom is 0.352 e. The first-order valence-electron chi connectivity index (χ1n) is 5.18. The minimum absolute atomic E-state index is 0.347. The summed E-state index contributed by atoms with van der Waals surface area (Å²) in [6.45, 7) is 4.03. The van der Waals surface area contributed by atoms with E-state index in [2.05, 4.69) is 20.9 Å². The van der Waals surface area contributed by atoms with Crippen LogP contribution >= 0.6 is 15.9 Å². The van der Waals surface area contributed by atoms with Crippen LogP contribution in [0.15, 0.2) is 33.7 Å². The lowest BCUT2D eigenvalue weighted by Gasteiger charge is -2.04. The monoisotopic (exact) mass is 283 g/mol. The van der Waals surface area contributed by atoms with E-state index in [9.17, 15) is 4.79 Å². The van der Waals surface area contributed by atoms with Crippen molar-refractivity contribution in [2.45, 2.75) is 20.3 Å². The molecule has 16 heavy (non-hydrogen) atoms. The van der Waals surface area contributed by atoms with Gasteiger partial charge in [-0.2, -0.15) is 0 Å². The summed E-state index contributed by atoms with van der Waals surface area (Å²) in [5.41, 5.74) is 1.18. The number of hydrogen-bond donors (Lipinski definition) is 0. The minimum atomic E-state index is -0.347. The first kappa shape index (κ1) is 12.9. The van der Waals surface area contributed by atoms with Gasteiger partial charge in [0.1, 0.15) is 5.71 Å². The molecule has 0 amide bonds. The minimum Gasteiger partial charge on any atom is -0.462 e. The van der Waals surface area contributed by atoms with E-state index in [0.29, 0.717) is 18.7 Å². The summed E-state index contributed by atoms with van der Waals surface area (Å²) in [6.07, 6.45) is 0.556. The van der Waals surface area contributed by atoms with Crippen LogP contribution in [0.4, 0.5) is 5.69 Å². The van der Waals surface area contributed by atoms with Crippen molar-refractivity contribution in [3.63, 3.8) is 0 Å². The third-order valence-electron chi connectivity index (χ3n) is 1.95. The van der Waals surface area contributed by atoms with Gasteiger partial charge in [-0.05, 0) is 41.4 Å². The van der Waals surface area contributed by atoms with Crippen molar-refractivity contribution in [1.29, 1.82) is 0 Å². The number of benzene rings is 1. The highest BCUT2D eigenvalue weighted by Gasteiger charge is 2.10. The number of carbonyl (C=O) groups excluding carboxylic acids is 1. The first-order chi connectivity index (χ1) is 7.69. The molecule has 0 aliphatic rings. The highest BCUT2D eigenvalue weighted by Crippen LogP contribution is 2.24. The summed E-state index contributed by atoms with van der Waals surface area (Å²) in [7, 11) is 0. The molecule has 0 aliphatic heterocycles. The summed E-state index contributed by atoms with van der Waals surface area (Å²) in [4.78, 5) is 15.8. The zero-order chi connectivity index (χ0) is 12.0. The van der Waals surface area contributed by atoms with E-state index < -0.39 is 0 Å². The van der Waals surface area contributed by atoms with Gasteiger partial charge in [-0.25, -0.2) is 9.79 Å². The predicted octanol–water partition coefficient (Wildman–Crippen LogP) is 3.49. The molecule has 1 aromatic rings. The van der Waals surface area contributed by atoms with Gasteiger partial charge in [0.05, 0.1) is 12.3 Å². The average Bonchev–Trinajstić information content (AvgIpc) is 2.28. The lowest BCUT2D eigenvalue weighted by molar-refractivity contribution is -0.135. The van der Waals surface area contributed by atoms with Gasteiger partial charge in [0, 0.05) is 4.47 Å². The van der Waals surface area contributed by atoms with Crippen LogP contribution in [0, 0.1) is 0 Å². The number of hydrogen-bond acceptors (Lipinski definition) is 3. The van der Waals surface area contributed by atoms with Gasteiger partial charge in [-0.3, -0.25) is 0 Å². The van der Waals surface area contributed by atoms with Crippen molar-refractivity contribution in [2.24, 2.45) is 4.99 Å². The third kappa shape index (κ3) is 3.45. The molecule has 0 N–H and O–H groups in total. The Bertz CT molecular complexity index is 402. The van der Waals surface area contributed by atoms with Gasteiger partial charge in [0.15, 0.2) is 0 Å². The largest absolute Gasteiger partial charge is 0.462 e. The number of nitrogens with zero attached hydrogens (tertiary/aromatic N) is 1. The van der Waals surface area contributed by atoms with Crippen LogP contribution in [0.5, 0.6) is 0 Å². The van der Waals surface area contributed by atoms with Gasteiger partial charge in [0.25, 0.3) is 0 Å². The molecule has 0 fully saturated rings. The number of carbonyl (C=O) groups is 1. The quantitative estimate of drug-likeness (QED) is 0.627. The summed E-state index contributed by atoms with van der Waals surface area (Å²) in [5.74, 6) is -0.347. The molecule has 4 heteroatoms. The molecule has 0 spiro atoms. The fourth-order valence-corrected chi connectivity index (χ4v) is 1.54. The molecular formula is C12H14BrNO2. The summed E-state index contributed by atoms with van der Waals surface area (Å²) >= 11 is 3.38. The molecule has 0 atom stereocenters. The second-order valence-corrected chi connectivity index (χ2v) is 3.94. The van der Waals surface area contributed by atoms with Gasteiger partial charge in [0.2, 0.25) is 0 Å². The summed E-state index contributed by atoms with van der Waals surface area (Å²) < 4.78 is 5.79. The number of rotatable bonds is 4. The highest BCUT2D eigenvalue weighted by molar-refractivity contribution is 9.10. The maximum atomic E-state index is 11.5. The highest BCUT2D eigenvalue weighted by atomic mass is 79.9. The van der Waals surface area contributed by atoms with Crippen molar-refractivity contribution in [1.82, 2.24) is 0 Å². The molecule has 0 saturated heterocycles. The summed E-state index contributed by atoms with van der Waals surface area (Å²) in [5, 5.41) is 0. The zero-order valence-electron chi connectivity index (χ0n) is 9.37. The van der Waals surface area contributed by atoms with Crippen LogP contribution < -0.4 is 0 Å². The molecule has 3 nitrogen and oxygen atoms in total. The van der Waals surface area contributed by atoms with E-state index in [-0.39, 0.29) is 5.97 Å². The Labute approximate surface area is 104 Å². The van der Waals surface area contributed by atoms with E-state index in [1.165, 1.54) is 0 Å². The van der Waals surface area contributed by atoms with Gasteiger partial charge < -0.3 is 4.74 Å². The maximum absolute atomic E-state index is 11.5. The lowest BCUT2D eigenvalue weighted by Crippen LogP contribution is -2.16. The van der Waals surface area contributed by atoms with Gasteiger partial charge in [-0.1, -0.05) is 19.1 Å². The molecule has 0 aromatic heterocycles. The van der Waals surface area contributed by atoms with E-state index >= 15 is 0 Å². The van der Waals surface area contributed by atoms with Crippen molar-refractivity contribution >= 4 is 33.3 Å². The number of halogens is 1. The van der Waals surface area contributed by atoms with E-state index in [1.807, 2.05) is 31.2 Å². The zero-order valence-corrected chi connectivity index (χ0v) is 11.0. The molecule has 0 bridgehead atoms. The number of ether oxygens (including phenoxy) is 1. The van der Waals surface area contributed by atoms with Gasteiger partial charge in [-0.15, -0.1) is 0 Å². The van der Waals surface area contributed by atoms with Crippen LogP contribution in [-0.2, 0) is 9.53 Å².